The minimum Gasteiger partial charge on any atom is -0.395 e. The third-order valence-electron chi connectivity index (χ3n) is 4.15. The van der Waals surface area contributed by atoms with E-state index in [0.29, 0.717) is 0 Å². The summed E-state index contributed by atoms with van der Waals surface area (Å²) in [6.07, 6.45) is 1.53. The van der Waals surface area contributed by atoms with Crippen LogP contribution < -0.4 is 0 Å². The van der Waals surface area contributed by atoms with E-state index in [1.54, 1.807) is 0 Å². The molecule has 5 nitrogen and oxygen atoms in total. The van der Waals surface area contributed by atoms with Gasteiger partial charge in [0.2, 0.25) is 0 Å². The van der Waals surface area contributed by atoms with Crippen LogP contribution in [0.2, 0.25) is 0 Å². The third kappa shape index (κ3) is 3.89. The molecule has 1 aliphatic heterocycles. The maximum absolute atomic E-state index is 10.2. The summed E-state index contributed by atoms with van der Waals surface area (Å²) in [5.74, 6) is 0. The zero-order valence-electron chi connectivity index (χ0n) is 12.1. The molecular formula is C14H29NO4. The third-order valence-corrected chi connectivity index (χ3v) is 4.15. The highest BCUT2D eigenvalue weighted by Gasteiger charge is 2.46. The van der Waals surface area contributed by atoms with Crippen LogP contribution in [0.4, 0.5) is 0 Å². The van der Waals surface area contributed by atoms with Crippen molar-refractivity contribution in [2.24, 2.45) is 0 Å². The van der Waals surface area contributed by atoms with Crippen LogP contribution in [0.5, 0.6) is 0 Å². The minimum atomic E-state index is -1.17. The van der Waals surface area contributed by atoms with Gasteiger partial charge >= 0.3 is 0 Å². The zero-order chi connectivity index (χ0) is 14.4. The van der Waals surface area contributed by atoms with Crippen molar-refractivity contribution in [3.05, 3.63) is 0 Å². The number of aliphatic hydroxyl groups is 4. The van der Waals surface area contributed by atoms with Gasteiger partial charge in [0.05, 0.1) is 18.8 Å². The van der Waals surface area contributed by atoms with E-state index in [0.717, 1.165) is 38.6 Å². The van der Waals surface area contributed by atoms with Crippen molar-refractivity contribution >= 4 is 0 Å². The summed E-state index contributed by atoms with van der Waals surface area (Å²) in [6.45, 7) is 4.70. The van der Waals surface area contributed by atoms with E-state index in [2.05, 4.69) is 13.8 Å². The summed E-state index contributed by atoms with van der Waals surface area (Å²) in [7, 11) is 0. The number of unbranched alkanes of at least 4 members (excludes halogenated alkanes) is 2. The maximum atomic E-state index is 10.2. The van der Waals surface area contributed by atoms with Crippen molar-refractivity contribution in [1.82, 2.24) is 4.90 Å². The lowest BCUT2D eigenvalue weighted by molar-refractivity contribution is -0.172. The molecule has 0 unspecified atom stereocenters. The molecule has 0 amide bonds. The number of hydrogen-bond donors (Lipinski definition) is 4. The van der Waals surface area contributed by atoms with Crippen molar-refractivity contribution in [2.45, 2.75) is 76.3 Å². The van der Waals surface area contributed by atoms with Crippen LogP contribution in [0.1, 0.15) is 46.0 Å². The molecule has 5 atom stereocenters. The smallest absolute Gasteiger partial charge is 0.109 e. The summed E-state index contributed by atoms with van der Waals surface area (Å²) in [4.78, 5) is 1.99. The Morgan fingerprint density at radius 3 is 1.95 bits per heavy atom. The number of hydrogen-bond acceptors (Lipinski definition) is 5. The Labute approximate surface area is 115 Å². The van der Waals surface area contributed by atoms with Crippen LogP contribution >= 0.6 is 0 Å². The van der Waals surface area contributed by atoms with Gasteiger partial charge in [-0.05, 0) is 19.4 Å². The first-order chi connectivity index (χ1) is 9.08. The number of nitrogens with zero attached hydrogens (tertiary/aromatic N) is 1. The summed E-state index contributed by atoms with van der Waals surface area (Å²) in [5, 5.41) is 39.6. The molecule has 1 saturated heterocycles. The minimum absolute atomic E-state index is 0.179. The van der Waals surface area contributed by atoms with Crippen molar-refractivity contribution in [1.29, 1.82) is 0 Å². The van der Waals surface area contributed by atoms with Crippen LogP contribution in [0.25, 0.3) is 0 Å². The molecule has 0 bridgehead atoms. The molecular weight excluding hydrogens is 246 g/mol. The van der Waals surface area contributed by atoms with Crippen molar-refractivity contribution < 1.29 is 20.4 Å². The van der Waals surface area contributed by atoms with Crippen molar-refractivity contribution in [2.75, 3.05) is 13.2 Å². The Morgan fingerprint density at radius 2 is 1.42 bits per heavy atom. The molecule has 0 aromatic carbocycles. The largest absolute Gasteiger partial charge is 0.395 e. The van der Waals surface area contributed by atoms with E-state index in [4.69, 9.17) is 0 Å². The van der Waals surface area contributed by atoms with E-state index < -0.39 is 24.4 Å². The molecule has 19 heavy (non-hydrogen) atoms. The zero-order valence-corrected chi connectivity index (χ0v) is 12.1. The second-order valence-electron chi connectivity index (χ2n) is 5.52. The monoisotopic (exact) mass is 275 g/mol. The van der Waals surface area contributed by atoms with Crippen LogP contribution in [0, 0.1) is 0 Å². The van der Waals surface area contributed by atoms with Gasteiger partial charge in [0.1, 0.15) is 12.2 Å². The van der Waals surface area contributed by atoms with Crippen molar-refractivity contribution in [3.63, 3.8) is 0 Å². The lowest BCUT2D eigenvalue weighted by Crippen LogP contribution is -2.67. The Kier molecular flexibility index (Phi) is 7.25. The lowest BCUT2D eigenvalue weighted by Gasteiger charge is -2.49. The average Bonchev–Trinajstić information content (AvgIpc) is 2.42. The average molecular weight is 275 g/mol. The molecule has 0 aliphatic carbocycles. The standard InChI is InChI=1S/C14H29NO4/c1-3-5-7-10-12(17)14(19)13(18)11(9-16)15(10)8-6-4-2/h10-14,16-19H,3-9H2,1-2H3/t10-,11-,12+,13+,14+/m0/s1. The van der Waals surface area contributed by atoms with Gasteiger partial charge in [0.25, 0.3) is 0 Å². The van der Waals surface area contributed by atoms with Gasteiger partial charge in [0, 0.05) is 6.04 Å². The highest BCUT2D eigenvalue weighted by Crippen LogP contribution is 2.28. The predicted molar refractivity (Wildman–Crippen MR) is 73.8 cm³/mol. The summed E-state index contributed by atoms with van der Waals surface area (Å²) in [5.41, 5.74) is 0. The Hall–Kier alpha value is -0.200. The second-order valence-corrected chi connectivity index (χ2v) is 5.52. The first kappa shape index (κ1) is 16.9. The van der Waals surface area contributed by atoms with Crippen molar-refractivity contribution in [3.8, 4) is 0 Å². The fourth-order valence-electron chi connectivity index (χ4n) is 2.93. The topological polar surface area (TPSA) is 84.2 Å². The van der Waals surface area contributed by atoms with Gasteiger partial charge in [-0.2, -0.15) is 0 Å². The SMILES string of the molecule is CCCC[C@H]1[C@@H](O)[C@@H](O)[C@H](O)[C@H](CO)N1CCCC. The van der Waals surface area contributed by atoms with Crippen LogP contribution in [0.15, 0.2) is 0 Å². The van der Waals surface area contributed by atoms with Crippen LogP contribution in [0.3, 0.4) is 0 Å². The van der Waals surface area contributed by atoms with E-state index in [9.17, 15) is 20.4 Å². The second kappa shape index (κ2) is 8.17. The summed E-state index contributed by atoms with van der Waals surface area (Å²) >= 11 is 0. The van der Waals surface area contributed by atoms with E-state index >= 15 is 0 Å². The summed E-state index contributed by atoms with van der Waals surface area (Å²) < 4.78 is 0. The summed E-state index contributed by atoms with van der Waals surface area (Å²) in [6, 6.07) is -0.658. The normalized spacial score (nSPS) is 36.6. The van der Waals surface area contributed by atoms with Gasteiger partial charge in [-0.3, -0.25) is 4.90 Å². The highest BCUT2D eigenvalue weighted by molar-refractivity contribution is 5.00. The molecule has 0 aromatic rings. The molecule has 0 radical (unpaired) electrons. The molecule has 0 saturated carbocycles. The number of likely N-dealkylation sites (tertiary alicyclic amines) is 1. The maximum Gasteiger partial charge on any atom is 0.109 e. The molecule has 5 heteroatoms. The molecule has 1 aliphatic rings. The van der Waals surface area contributed by atoms with E-state index in [-0.39, 0.29) is 12.6 Å². The van der Waals surface area contributed by atoms with E-state index in [1.807, 2.05) is 4.90 Å². The van der Waals surface area contributed by atoms with Crippen LogP contribution in [-0.4, -0.2) is 68.9 Å². The fourth-order valence-corrected chi connectivity index (χ4v) is 2.93. The molecule has 0 spiro atoms. The number of aliphatic hydroxyl groups excluding tert-OH is 4. The fraction of sp³-hybridized carbons (Fsp3) is 1.00. The quantitative estimate of drug-likeness (QED) is 0.530. The Morgan fingerprint density at radius 1 is 0.842 bits per heavy atom. The lowest BCUT2D eigenvalue weighted by atomic mass is 9.85. The van der Waals surface area contributed by atoms with Gasteiger partial charge in [-0.25, -0.2) is 0 Å². The highest BCUT2D eigenvalue weighted by atomic mass is 16.4. The van der Waals surface area contributed by atoms with Gasteiger partial charge in [-0.1, -0.05) is 33.1 Å². The predicted octanol–water partition coefficient (Wildman–Crippen LogP) is 0.104. The van der Waals surface area contributed by atoms with Crippen LogP contribution in [-0.2, 0) is 0 Å². The first-order valence-corrected chi connectivity index (χ1v) is 7.49. The molecule has 114 valence electrons. The van der Waals surface area contributed by atoms with E-state index in [1.165, 1.54) is 0 Å². The number of piperidine rings is 1. The molecule has 1 rings (SSSR count). The molecule has 1 fully saturated rings. The molecule has 4 N–H and O–H groups in total. The number of rotatable bonds is 7. The Bertz CT molecular complexity index is 252. The van der Waals surface area contributed by atoms with Gasteiger partial charge in [-0.15, -0.1) is 0 Å². The molecule has 1 heterocycles. The van der Waals surface area contributed by atoms with Gasteiger partial charge < -0.3 is 20.4 Å². The Balaban J connectivity index is 2.84. The molecule has 0 aromatic heterocycles. The van der Waals surface area contributed by atoms with Gasteiger partial charge in [0.15, 0.2) is 0 Å². The first-order valence-electron chi connectivity index (χ1n) is 7.49.